The van der Waals surface area contributed by atoms with E-state index >= 15 is 0 Å². The van der Waals surface area contributed by atoms with Crippen molar-refractivity contribution in [2.24, 2.45) is 5.92 Å². The molecule has 3 heteroatoms. The fourth-order valence-corrected chi connectivity index (χ4v) is 2.33. The molecule has 1 aromatic carbocycles. The van der Waals surface area contributed by atoms with Crippen molar-refractivity contribution in [2.75, 3.05) is 12.4 Å². The molecule has 0 radical (unpaired) electrons. The van der Waals surface area contributed by atoms with Crippen molar-refractivity contribution in [2.45, 2.75) is 19.6 Å². The molecule has 1 N–H and O–H groups in total. The largest absolute Gasteiger partial charge is 0.384 e. The SMILES string of the molecule is CC(C)CSCc1ccc(C#CCO)cc1F. The first-order valence-electron chi connectivity index (χ1n) is 5.59. The van der Waals surface area contributed by atoms with Gasteiger partial charge in [0.05, 0.1) is 0 Å². The molecule has 1 nitrogen and oxygen atoms in total. The molecule has 0 aliphatic heterocycles. The molecule has 0 spiro atoms. The van der Waals surface area contributed by atoms with E-state index in [9.17, 15) is 4.39 Å². The zero-order chi connectivity index (χ0) is 12.7. The minimum atomic E-state index is -0.217. The van der Waals surface area contributed by atoms with Crippen molar-refractivity contribution in [3.8, 4) is 11.8 Å². The normalized spacial score (nSPS) is 10.2. The van der Waals surface area contributed by atoms with Gasteiger partial charge in [0.1, 0.15) is 12.4 Å². The molecule has 0 amide bonds. The number of hydrogen-bond acceptors (Lipinski definition) is 2. The van der Waals surface area contributed by atoms with E-state index in [2.05, 4.69) is 25.7 Å². The molecule has 0 aliphatic rings. The molecule has 0 saturated heterocycles. The van der Waals surface area contributed by atoms with Crippen molar-refractivity contribution < 1.29 is 9.50 Å². The maximum absolute atomic E-state index is 13.7. The molecular formula is C14H17FOS. The molecule has 0 atom stereocenters. The van der Waals surface area contributed by atoms with Gasteiger partial charge in [0.2, 0.25) is 0 Å². The van der Waals surface area contributed by atoms with Gasteiger partial charge in [-0.15, -0.1) is 0 Å². The summed E-state index contributed by atoms with van der Waals surface area (Å²) >= 11 is 1.74. The molecule has 0 heterocycles. The molecule has 0 saturated carbocycles. The Kier molecular flexibility index (Phi) is 6.10. The first kappa shape index (κ1) is 14.1. The van der Waals surface area contributed by atoms with Gasteiger partial charge in [-0.3, -0.25) is 0 Å². The van der Waals surface area contributed by atoms with Crippen LogP contribution in [-0.2, 0) is 5.75 Å². The van der Waals surface area contributed by atoms with Crippen molar-refractivity contribution in [3.05, 3.63) is 35.1 Å². The van der Waals surface area contributed by atoms with Crippen LogP contribution in [-0.4, -0.2) is 17.5 Å². The maximum Gasteiger partial charge on any atom is 0.128 e. The van der Waals surface area contributed by atoms with Crippen LogP contribution in [0.5, 0.6) is 0 Å². The van der Waals surface area contributed by atoms with Gasteiger partial charge < -0.3 is 5.11 Å². The Balaban J connectivity index is 2.63. The second kappa shape index (κ2) is 7.37. The lowest BCUT2D eigenvalue weighted by Gasteiger charge is -2.06. The number of hydrogen-bond donors (Lipinski definition) is 1. The molecule has 0 bridgehead atoms. The van der Waals surface area contributed by atoms with Crippen LogP contribution in [0.3, 0.4) is 0 Å². The molecular weight excluding hydrogens is 235 g/mol. The Morgan fingerprint density at radius 2 is 2.18 bits per heavy atom. The van der Waals surface area contributed by atoms with Gasteiger partial charge in [0, 0.05) is 11.3 Å². The minimum absolute atomic E-state index is 0.201. The molecule has 0 fully saturated rings. The van der Waals surface area contributed by atoms with E-state index in [4.69, 9.17) is 5.11 Å². The fourth-order valence-electron chi connectivity index (χ4n) is 1.29. The number of halogens is 1. The van der Waals surface area contributed by atoms with Crippen LogP contribution in [0.15, 0.2) is 18.2 Å². The van der Waals surface area contributed by atoms with E-state index in [1.54, 1.807) is 23.9 Å². The molecule has 92 valence electrons. The zero-order valence-electron chi connectivity index (χ0n) is 10.2. The molecule has 0 aromatic heterocycles. The lowest BCUT2D eigenvalue weighted by molar-refractivity contribution is 0.350. The molecule has 17 heavy (non-hydrogen) atoms. The molecule has 1 aromatic rings. The summed E-state index contributed by atoms with van der Waals surface area (Å²) in [6.45, 7) is 4.10. The van der Waals surface area contributed by atoms with Crippen molar-refractivity contribution in [1.29, 1.82) is 0 Å². The number of aliphatic hydroxyl groups is 1. The Morgan fingerprint density at radius 3 is 2.76 bits per heavy atom. The Hall–Kier alpha value is -0.980. The van der Waals surface area contributed by atoms with E-state index in [0.29, 0.717) is 22.8 Å². The second-order valence-corrected chi connectivity index (χ2v) is 5.21. The third kappa shape index (κ3) is 5.25. The van der Waals surface area contributed by atoms with Gasteiger partial charge in [-0.2, -0.15) is 11.8 Å². The third-order valence-electron chi connectivity index (χ3n) is 2.07. The van der Waals surface area contributed by atoms with Crippen LogP contribution in [0.1, 0.15) is 25.0 Å². The van der Waals surface area contributed by atoms with E-state index in [-0.39, 0.29) is 12.4 Å². The van der Waals surface area contributed by atoms with Gasteiger partial charge >= 0.3 is 0 Å². The summed E-state index contributed by atoms with van der Waals surface area (Å²) in [5.74, 6) is 7.32. The average Bonchev–Trinajstić information content (AvgIpc) is 2.28. The lowest BCUT2D eigenvalue weighted by atomic mass is 10.1. The summed E-state index contributed by atoms with van der Waals surface area (Å²) < 4.78 is 13.7. The monoisotopic (exact) mass is 252 g/mol. The first-order chi connectivity index (χ1) is 8.13. The van der Waals surface area contributed by atoms with Crippen LogP contribution in [0.25, 0.3) is 0 Å². The zero-order valence-corrected chi connectivity index (χ0v) is 11.0. The van der Waals surface area contributed by atoms with E-state index in [1.165, 1.54) is 6.07 Å². The van der Waals surface area contributed by atoms with E-state index in [0.717, 1.165) is 5.75 Å². The minimum Gasteiger partial charge on any atom is -0.384 e. The van der Waals surface area contributed by atoms with Crippen LogP contribution >= 0.6 is 11.8 Å². The number of thioether (sulfide) groups is 1. The fraction of sp³-hybridized carbons (Fsp3) is 0.429. The van der Waals surface area contributed by atoms with Crippen LogP contribution in [0, 0.1) is 23.6 Å². The topological polar surface area (TPSA) is 20.2 Å². The highest BCUT2D eigenvalue weighted by Crippen LogP contribution is 2.18. The van der Waals surface area contributed by atoms with Crippen molar-refractivity contribution in [3.63, 3.8) is 0 Å². The van der Waals surface area contributed by atoms with Crippen LogP contribution in [0.4, 0.5) is 4.39 Å². The summed E-state index contributed by atoms with van der Waals surface area (Å²) in [6, 6.07) is 4.98. The molecule has 0 unspecified atom stereocenters. The van der Waals surface area contributed by atoms with Gasteiger partial charge in [-0.1, -0.05) is 31.8 Å². The average molecular weight is 252 g/mol. The summed E-state index contributed by atoms with van der Waals surface area (Å²) in [4.78, 5) is 0. The Morgan fingerprint density at radius 1 is 1.41 bits per heavy atom. The predicted octanol–water partition coefficient (Wildman–Crippen LogP) is 3.06. The standard InChI is InChI=1S/C14H17FOS/c1-11(2)9-17-10-13-6-5-12(4-3-7-16)8-14(13)15/h5-6,8,11,16H,7,9-10H2,1-2H3. The highest BCUT2D eigenvalue weighted by Gasteiger charge is 2.03. The lowest BCUT2D eigenvalue weighted by Crippen LogP contribution is -1.94. The summed E-state index contributed by atoms with van der Waals surface area (Å²) in [6.07, 6.45) is 0. The molecule has 1 rings (SSSR count). The van der Waals surface area contributed by atoms with E-state index in [1.807, 2.05) is 0 Å². The van der Waals surface area contributed by atoms with Gasteiger partial charge in [0.15, 0.2) is 0 Å². The van der Waals surface area contributed by atoms with Crippen LogP contribution < -0.4 is 0 Å². The Bertz CT molecular complexity index is 418. The van der Waals surface area contributed by atoms with E-state index < -0.39 is 0 Å². The summed E-state index contributed by atoms with van der Waals surface area (Å²) in [5, 5.41) is 8.55. The van der Waals surface area contributed by atoms with Crippen molar-refractivity contribution in [1.82, 2.24) is 0 Å². The third-order valence-corrected chi connectivity index (χ3v) is 3.49. The van der Waals surface area contributed by atoms with Gasteiger partial charge in [-0.25, -0.2) is 4.39 Å². The maximum atomic E-state index is 13.7. The second-order valence-electron chi connectivity index (χ2n) is 4.18. The predicted molar refractivity (Wildman–Crippen MR) is 71.4 cm³/mol. The number of benzene rings is 1. The molecule has 0 aliphatic carbocycles. The smallest absolute Gasteiger partial charge is 0.128 e. The van der Waals surface area contributed by atoms with Crippen LogP contribution in [0.2, 0.25) is 0 Å². The summed E-state index contributed by atoms with van der Waals surface area (Å²) in [7, 11) is 0. The van der Waals surface area contributed by atoms with Gasteiger partial charge in [-0.05, 0) is 29.4 Å². The highest BCUT2D eigenvalue weighted by atomic mass is 32.2. The van der Waals surface area contributed by atoms with Gasteiger partial charge in [0.25, 0.3) is 0 Å². The number of aliphatic hydroxyl groups excluding tert-OH is 1. The quantitative estimate of drug-likeness (QED) is 0.831. The first-order valence-corrected chi connectivity index (χ1v) is 6.75. The summed E-state index contributed by atoms with van der Waals surface area (Å²) in [5.41, 5.74) is 1.32. The Labute approximate surface area is 106 Å². The highest BCUT2D eigenvalue weighted by molar-refractivity contribution is 7.98. The van der Waals surface area contributed by atoms with Crippen molar-refractivity contribution >= 4 is 11.8 Å². The number of rotatable bonds is 4.